The van der Waals surface area contributed by atoms with Gasteiger partial charge in [0.2, 0.25) is 0 Å². The predicted octanol–water partition coefficient (Wildman–Crippen LogP) is 5.31. The fourth-order valence-electron chi connectivity index (χ4n) is 2.54. The van der Waals surface area contributed by atoms with E-state index in [1.165, 1.54) is 30.5 Å². The summed E-state index contributed by atoms with van der Waals surface area (Å²) < 4.78 is 41.4. The number of anilines is 2. The number of nitrogens with one attached hydrogen (secondary N) is 1. The van der Waals surface area contributed by atoms with Crippen LogP contribution >= 0.6 is 23.2 Å². The van der Waals surface area contributed by atoms with Crippen molar-refractivity contribution in [3.8, 4) is 0 Å². The summed E-state index contributed by atoms with van der Waals surface area (Å²) in [4.78, 5) is 3.97. The van der Waals surface area contributed by atoms with E-state index in [-0.39, 0.29) is 27.0 Å². The monoisotopic (exact) mass is 332 g/mol. The number of alkyl halides is 3. The Morgan fingerprint density at radius 2 is 1.76 bits per heavy atom. The first kappa shape index (κ1) is 14.5. The van der Waals surface area contributed by atoms with Gasteiger partial charge in [0.25, 0.3) is 0 Å². The maximum atomic E-state index is 13.8. The minimum Gasteiger partial charge on any atom is -0.340 e. The smallest absolute Gasteiger partial charge is 0.340 e. The lowest BCUT2D eigenvalue weighted by atomic mass is 9.73. The number of benzene rings is 1. The van der Waals surface area contributed by atoms with E-state index in [1.807, 2.05) is 0 Å². The molecule has 1 unspecified atom stereocenters. The second kappa shape index (κ2) is 4.52. The summed E-state index contributed by atoms with van der Waals surface area (Å²) in [6.45, 7) is 1.11. The van der Waals surface area contributed by atoms with Gasteiger partial charge in [-0.1, -0.05) is 23.2 Å². The summed E-state index contributed by atoms with van der Waals surface area (Å²) in [5.74, 6) is 0.147. The standard InChI is InChI=1S/C14H9Cl2F3N2/c1-13(14(17,18)19)9-4-7(15)2-3-11(9)21-12-10(13)5-8(16)6-20-12/h2-6H,1H3,(H,20,21). The van der Waals surface area contributed by atoms with Gasteiger partial charge < -0.3 is 5.32 Å². The second-order valence-corrected chi connectivity index (χ2v) is 5.86. The van der Waals surface area contributed by atoms with Crippen molar-refractivity contribution in [1.29, 1.82) is 0 Å². The summed E-state index contributed by atoms with van der Waals surface area (Å²) in [6.07, 6.45) is -3.21. The quantitative estimate of drug-likeness (QED) is 0.706. The number of hydrogen-bond acceptors (Lipinski definition) is 2. The Balaban J connectivity index is 2.37. The third-order valence-electron chi connectivity index (χ3n) is 3.73. The van der Waals surface area contributed by atoms with E-state index in [1.54, 1.807) is 0 Å². The highest BCUT2D eigenvalue weighted by molar-refractivity contribution is 6.31. The topological polar surface area (TPSA) is 24.9 Å². The van der Waals surface area contributed by atoms with Crippen LogP contribution in [0.15, 0.2) is 30.5 Å². The Bertz CT molecular complexity index is 677. The molecule has 0 bridgehead atoms. The van der Waals surface area contributed by atoms with E-state index in [4.69, 9.17) is 23.2 Å². The average Bonchev–Trinajstić information content (AvgIpc) is 2.39. The lowest BCUT2D eigenvalue weighted by molar-refractivity contribution is -0.173. The Labute approximate surface area is 128 Å². The Kier molecular flexibility index (Phi) is 3.11. The first-order valence-corrected chi connectivity index (χ1v) is 6.79. The van der Waals surface area contributed by atoms with Crippen LogP contribution in [0.1, 0.15) is 18.1 Å². The van der Waals surface area contributed by atoms with Gasteiger partial charge in [-0.25, -0.2) is 4.98 Å². The SMILES string of the molecule is CC1(C(F)(F)F)c2cc(Cl)ccc2Nc2ncc(Cl)cc21. The van der Waals surface area contributed by atoms with Crippen LogP contribution in [0.3, 0.4) is 0 Å². The maximum Gasteiger partial charge on any atom is 0.402 e. The molecule has 0 saturated heterocycles. The van der Waals surface area contributed by atoms with Crippen LogP contribution in [-0.2, 0) is 5.41 Å². The van der Waals surface area contributed by atoms with Crippen molar-refractivity contribution in [3.05, 3.63) is 51.6 Å². The molecule has 1 N–H and O–H groups in total. The summed E-state index contributed by atoms with van der Waals surface area (Å²) in [5.41, 5.74) is -1.86. The van der Waals surface area contributed by atoms with Crippen molar-refractivity contribution in [2.24, 2.45) is 0 Å². The molecule has 0 aliphatic carbocycles. The van der Waals surface area contributed by atoms with Crippen molar-refractivity contribution < 1.29 is 13.2 Å². The molecule has 1 aromatic heterocycles. The van der Waals surface area contributed by atoms with E-state index in [0.29, 0.717) is 5.69 Å². The first-order valence-electron chi connectivity index (χ1n) is 6.03. The molecule has 2 nitrogen and oxygen atoms in total. The molecule has 2 aromatic rings. The second-order valence-electron chi connectivity index (χ2n) is 4.99. The van der Waals surface area contributed by atoms with Crippen molar-refractivity contribution in [1.82, 2.24) is 4.98 Å². The molecule has 1 aliphatic heterocycles. The van der Waals surface area contributed by atoms with E-state index in [9.17, 15) is 13.2 Å². The van der Waals surface area contributed by atoms with E-state index < -0.39 is 11.6 Å². The molecular weight excluding hydrogens is 324 g/mol. The van der Waals surface area contributed by atoms with Gasteiger partial charge in [0.15, 0.2) is 0 Å². The molecule has 0 spiro atoms. The molecule has 0 saturated carbocycles. The number of nitrogens with zero attached hydrogens (tertiary/aromatic N) is 1. The molecule has 0 amide bonds. The molecule has 3 rings (SSSR count). The molecule has 1 atom stereocenters. The van der Waals surface area contributed by atoms with Crippen LogP contribution in [0, 0.1) is 0 Å². The zero-order valence-electron chi connectivity index (χ0n) is 10.7. The van der Waals surface area contributed by atoms with Crippen LogP contribution in [-0.4, -0.2) is 11.2 Å². The van der Waals surface area contributed by atoms with Gasteiger partial charge in [0.1, 0.15) is 11.2 Å². The third kappa shape index (κ3) is 2.07. The third-order valence-corrected chi connectivity index (χ3v) is 4.18. The predicted molar refractivity (Wildman–Crippen MR) is 76.5 cm³/mol. The molecule has 0 radical (unpaired) electrons. The molecule has 7 heteroatoms. The number of pyridine rings is 1. The van der Waals surface area contributed by atoms with Crippen LogP contribution < -0.4 is 5.32 Å². The van der Waals surface area contributed by atoms with E-state index >= 15 is 0 Å². The fourth-order valence-corrected chi connectivity index (χ4v) is 2.87. The van der Waals surface area contributed by atoms with Crippen molar-refractivity contribution in [2.45, 2.75) is 18.5 Å². The van der Waals surface area contributed by atoms with E-state index in [2.05, 4.69) is 10.3 Å². The van der Waals surface area contributed by atoms with Gasteiger partial charge in [-0.15, -0.1) is 0 Å². The summed E-state index contributed by atoms with van der Waals surface area (Å²) >= 11 is 11.7. The average molecular weight is 333 g/mol. The number of rotatable bonds is 0. The molecule has 1 aliphatic rings. The van der Waals surface area contributed by atoms with Gasteiger partial charge in [-0.2, -0.15) is 13.2 Å². The molecular formula is C14H9Cl2F3N2. The van der Waals surface area contributed by atoms with Crippen LogP contribution in [0.5, 0.6) is 0 Å². The number of hydrogen-bond donors (Lipinski definition) is 1. The minimum absolute atomic E-state index is 0.0164. The lowest BCUT2D eigenvalue weighted by Gasteiger charge is -2.39. The Morgan fingerprint density at radius 3 is 2.43 bits per heavy atom. The minimum atomic E-state index is -4.52. The normalized spacial score (nSPS) is 20.5. The zero-order chi connectivity index (χ0) is 15.4. The summed E-state index contributed by atoms with van der Waals surface area (Å²) in [6, 6.07) is 5.65. The highest BCUT2D eigenvalue weighted by Crippen LogP contribution is 2.54. The fraction of sp³-hybridized carbons (Fsp3) is 0.214. The number of halogens is 5. The number of aromatic nitrogens is 1. The molecule has 2 heterocycles. The highest BCUT2D eigenvalue weighted by atomic mass is 35.5. The Morgan fingerprint density at radius 1 is 1.10 bits per heavy atom. The lowest BCUT2D eigenvalue weighted by Crippen LogP contribution is -2.43. The first-order chi connectivity index (χ1) is 9.73. The van der Waals surface area contributed by atoms with Crippen LogP contribution in [0.2, 0.25) is 10.0 Å². The molecule has 21 heavy (non-hydrogen) atoms. The zero-order valence-corrected chi connectivity index (χ0v) is 12.2. The Hall–Kier alpha value is -1.46. The van der Waals surface area contributed by atoms with Gasteiger partial charge >= 0.3 is 6.18 Å². The maximum absolute atomic E-state index is 13.8. The summed E-state index contributed by atoms with van der Waals surface area (Å²) in [7, 11) is 0. The van der Waals surface area contributed by atoms with Crippen molar-refractivity contribution >= 4 is 34.7 Å². The molecule has 1 aromatic carbocycles. The summed E-state index contributed by atoms with van der Waals surface area (Å²) in [5, 5.41) is 3.28. The van der Waals surface area contributed by atoms with Gasteiger partial charge in [0, 0.05) is 22.5 Å². The van der Waals surface area contributed by atoms with Crippen LogP contribution in [0.4, 0.5) is 24.7 Å². The van der Waals surface area contributed by atoms with Gasteiger partial charge in [-0.3, -0.25) is 0 Å². The highest BCUT2D eigenvalue weighted by Gasteiger charge is 2.57. The van der Waals surface area contributed by atoms with E-state index in [0.717, 1.165) is 6.92 Å². The van der Waals surface area contributed by atoms with Gasteiger partial charge in [-0.05, 0) is 36.8 Å². The van der Waals surface area contributed by atoms with Gasteiger partial charge in [0.05, 0.1) is 5.02 Å². The molecule has 0 fully saturated rings. The number of fused-ring (bicyclic) bond motifs is 2. The van der Waals surface area contributed by atoms with Crippen LogP contribution in [0.25, 0.3) is 0 Å². The van der Waals surface area contributed by atoms with Crippen molar-refractivity contribution in [3.63, 3.8) is 0 Å². The largest absolute Gasteiger partial charge is 0.402 e. The van der Waals surface area contributed by atoms with Crippen molar-refractivity contribution in [2.75, 3.05) is 5.32 Å². The molecule has 110 valence electrons.